The van der Waals surface area contributed by atoms with Crippen molar-refractivity contribution in [1.82, 2.24) is 25.5 Å². The Morgan fingerprint density at radius 2 is 2.00 bits per heavy atom. The number of hydrogen-bond acceptors (Lipinski definition) is 7. The number of thioether (sulfide) groups is 1. The van der Waals surface area contributed by atoms with Crippen LogP contribution in [0.1, 0.15) is 32.3 Å². The zero-order chi connectivity index (χ0) is 18.1. The number of nitrogens with one attached hydrogen (secondary N) is 1. The summed E-state index contributed by atoms with van der Waals surface area (Å²) in [7, 11) is 0. The van der Waals surface area contributed by atoms with Crippen LogP contribution in [-0.2, 0) is 16.0 Å². The van der Waals surface area contributed by atoms with Crippen molar-refractivity contribution in [1.29, 1.82) is 0 Å². The number of alkyl carbamates (subject to hydrolysis) is 1. The quantitative estimate of drug-likeness (QED) is 0.719. The average Bonchev–Trinajstić information content (AvgIpc) is 3.07. The second-order valence-electron chi connectivity index (χ2n) is 5.20. The van der Waals surface area contributed by atoms with Gasteiger partial charge < -0.3 is 4.74 Å². The first kappa shape index (κ1) is 18.9. The van der Waals surface area contributed by atoms with E-state index in [4.69, 9.17) is 0 Å². The maximum atomic E-state index is 11.7. The highest BCUT2D eigenvalue weighted by atomic mass is 32.2. The molecular formula is C16H21N5O3S. The molecule has 9 heteroatoms. The topological polar surface area (TPSA) is 99.0 Å². The third-order valence-corrected chi connectivity index (χ3v) is 4.21. The molecule has 0 aliphatic carbocycles. The molecule has 2 amide bonds. The monoisotopic (exact) mass is 363 g/mol. The van der Waals surface area contributed by atoms with Gasteiger partial charge in [0, 0.05) is 0 Å². The summed E-state index contributed by atoms with van der Waals surface area (Å²) in [5.41, 5.74) is 2.08. The lowest BCUT2D eigenvalue weighted by atomic mass is 10.1. The normalized spacial score (nSPS) is 10.5. The first-order chi connectivity index (χ1) is 12.1. The van der Waals surface area contributed by atoms with Crippen LogP contribution < -0.4 is 5.32 Å². The van der Waals surface area contributed by atoms with Crippen LogP contribution in [0.5, 0.6) is 0 Å². The summed E-state index contributed by atoms with van der Waals surface area (Å²) in [5, 5.41) is 14.1. The summed E-state index contributed by atoms with van der Waals surface area (Å²) in [6, 6.07) is 8.00. The highest BCUT2D eigenvalue weighted by Crippen LogP contribution is 2.18. The number of nitrogens with zero attached hydrogens (tertiary/aromatic N) is 4. The molecule has 0 bridgehead atoms. The van der Waals surface area contributed by atoms with Gasteiger partial charge in [-0.2, -0.15) is 4.68 Å². The Morgan fingerprint density at radius 3 is 2.68 bits per heavy atom. The van der Waals surface area contributed by atoms with Gasteiger partial charge in [-0.25, -0.2) is 4.79 Å². The largest absolute Gasteiger partial charge is 0.450 e. The van der Waals surface area contributed by atoms with Crippen molar-refractivity contribution in [3.8, 4) is 5.69 Å². The SMILES string of the molecule is CCCCc1ccc(-n2nnnc2SCC(=O)NC(=O)OCC)cc1. The van der Waals surface area contributed by atoms with Crippen LogP contribution in [0.25, 0.3) is 5.69 Å². The van der Waals surface area contributed by atoms with Gasteiger partial charge in [-0.15, -0.1) is 5.10 Å². The van der Waals surface area contributed by atoms with Crippen molar-refractivity contribution in [2.24, 2.45) is 0 Å². The second kappa shape index (κ2) is 9.77. The molecule has 2 aromatic rings. The van der Waals surface area contributed by atoms with Crippen molar-refractivity contribution in [3.63, 3.8) is 0 Å². The van der Waals surface area contributed by atoms with E-state index in [1.54, 1.807) is 11.6 Å². The van der Waals surface area contributed by atoms with Crippen LogP contribution in [-0.4, -0.2) is 44.6 Å². The number of benzene rings is 1. The molecule has 1 aromatic carbocycles. The third-order valence-electron chi connectivity index (χ3n) is 3.29. The fraction of sp³-hybridized carbons (Fsp3) is 0.438. The fourth-order valence-corrected chi connectivity index (χ4v) is 2.75. The molecule has 134 valence electrons. The smallest absolute Gasteiger partial charge is 0.413 e. The van der Waals surface area contributed by atoms with Gasteiger partial charge in [-0.05, 0) is 47.9 Å². The summed E-state index contributed by atoms with van der Waals surface area (Å²) in [4.78, 5) is 22.9. The van der Waals surface area contributed by atoms with Crippen LogP contribution in [0.15, 0.2) is 29.4 Å². The number of carbonyl (C=O) groups excluding carboxylic acids is 2. The van der Waals surface area contributed by atoms with Gasteiger partial charge in [0.05, 0.1) is 18.0 Å². The Bertz CT molecular complexity index is 702. The van der Waals surface area contributed by atoms with Crippen molar-refractivity contribution in [2.75, 3.05) is 12.4 Å². The maximum absolute atomic E-state index is 11.7. The van der Waals surface area contributed by atoms with Gasteiger partial charge in [0.25, 0.3) is 0 Å². The Labute approximate surface area is 150 Å². The summed E-state index contributed by atoms with van der Waals surface area (Å²) in [6.45, 7) is 4.04. The number of unbranched alkanes of at least 4 members (excludes halogenated alkanes) is 1. The van der Waals surface area contributed by atoms with Crippen molar-refractivity contribution in [2.45, 2.75) is 38.3 Å². The first-order valence-electron chi connectivity index (χ1n) is 8.11. The molecule has 1 heterocycles. The van der Waals surface area contributed by atoms with Crippen LogP contribution in [0, 0.1) is 0 Å². The van der Waals surface area contributed by atoms with E-state index in [2.05, 4.69) is 44.6 Å². The molecule has 0 fully saturated rings. The first-order valence-corrected chi connectivity index (χ1v) is 9.09. The minimum atomic E-state index is -0.754. The lowest BCUT2D eigenvalue weighted by Crippen LogP contribution is -2.32. The minimum absolute atomic E-state index is 0.00771. The van der Waals surface area contributed by atoms with Crippen LogP contribution >= 0.6 is 11.8 Å². The molecule has 1 aromatic heterocycles. The molecule has 0 spiro atoms. The number of hydrogen-bond donors (Lipinski definition) is 1. The summed E-state index contributed by atoms with van der Waals surface area (Å²) in [5.74, 6) is -0.457. The number of rotatable bonds is 8. The minimum Gasteiger partial charge on any atom is -0.450 e. The molecule has 2 rings (SSSR count). The lowest BCUT2D eigenvalue weighted by molar-refractivity contribution is -0.117. The predicted molar refractivity (Wildman–Crippen MR) is 93.7 cm³/mol. The number of tetrazole rings is 1. The van der Waals surface area contributed by atoms with E-state index in [9.17, 15) is 9.59 Å². The van der Waals surface area contributed by atoms with E-state index in [-0.39, 0.29) is 12.4 Å². The van der Waals surface area contributed by atoms with Gasteiger partial charge in [-0.3, -0.25) is 10.1 Å². The zero-order valence-corrected chi connectivity index (χ0v) is 15.1. The predicted octanol–water partition coefficient (Wildman–Crippen LogP) is 2.37. The molecule has 8 nitrogen and oxygen atoms in total. The maximum Gasteiger partial charge on any atom is 0.413 e. The molecule has 1 N–H and O–H groups in total. The van der Waals surface area contributed by atoms with Gasteiger partial charge in [0.2, 0.25) is 11.1 Å². The number of aryl methyl sites for hydroxylation is 1. The van der Waals surface area contributed by atoms with Crippen molar-refractivity contribution >= 4 is 23.8 Å². The van der Waals surface area contributed by atoms with Gasteiger partial charge in [-0.1, -0.05) is 37.2 Å². The summed E-state index contributed by atoms with van der Waals surface area (Å²) >= 11 is 1.14. The molecule has 0 saturated carbocycles. The van der Waals surface area contributed by atoms with E-state index in [1.165, 1.54) is 5.56 Å². The van der Waals surface area contributed by atoms with Crippen LogP contribution in [0.4, 0.5) is 4.79 Å². The molecule has 0 saturated heterocycles. The Hall–Kier alpha value is -2.42. The molecule has 0 aliphatic rings. The van der Waals surface area contributed by atoms with Gasteiger partial charge in [0.1, 0.15) is 0 Å². The number of ether oxygens (including phenoxy) is 1. The molecule has 0 atom stereocenters. The Balaban J connectivity index is 1.95. The Kier molecular flexibility index (Phi) is 7.39. The number of imide groups is 1. The number of aromatic nitrogens is 4. The Morgan fingerprint density at radius 1 is 1.24 bits per heavy atom. The van der Waals surface area contributed by atoms with Crippen LogP contribution in [0.2, 0.25) is 0 Å². The van der Waals surface area contributed by atoms with E-state index >= 15 is 0 Å². The number of carbonyl (C=O) groups is 2. The van der Waals surface area contributed by atoms with Crippen LogP contribution in [0.3, 0.4) is 0 Å². The molecular weight excluding hydrogens is 342 g/mol. The van der Waals surface area contributed by atoms with E-state index in [0.717, 1.165) is 36.7 Å². The zero-order valence-electron chi connectivity index (χ0n) is 14.3. The van der Waals surface area contributed by atoms with Gasteiger partial charge >= 0.3 is 6.09 Å². The average molecular weight is 363 g/mol. The summed E-state index contributed by atoms with van der Waals surface area (Å²) in [6.07, 6.45) is 2.60. The lowest BCUT2D eigenvalue weighted by Gasteiger charge is -2.06. The summed E-state index contributed by atoms with van der Waals surface area (Å²) < 4.78 is 6.22. The highest BCUT2D eigenvalue weighted by Gasteiger charge is 2.13. The van der Waals surface area contributed by atoms with E-state index in [0.29, 0.717) is 5.16 Å². The van der Waals surface area contributed by atoms with Gasteiger partial charge in [0.15, 0.2) is 0 Å². The molecule has 0 aliphatic heterocycles. The van der Waals surface area contributed by atoms with Crippen molar-refractivity contribution in [3.05, 3.63) is 29.8 Å². The second-order valence-corrected chi connectivity index (χ2v) is 6.14. The standard InChI is InChI=1S/C16H21N5O3S/c1-3-5-6-12-7-9-13(10-8-12)21-15(18-19-20-21)25-11-14(22)17-16(23)24-4-2/h7-10H,3-6,11H2,1-2H3,(H,17,22,23). The molecule has 25 heavy (non-hydrogen) atoms. The molecule has 0 radical (unpaired) electrons. The van der Waals surface area contributed by atoms with E-state index < -0.39 is 12.0 Å². The van der Waals surface area contributed by atoms with Crippen molar-refractivity contribution < 1.29 is 14.3 Å². The highest BCUT2D eigenvalue weighted by molar-refractivity contribution is 7.99. The third kappa shape index (κ3) is 5.86. The fourth-order valence-electron chi connectivity index (χ4n) is 2.06. The number of amides is 2. The van der Waals surface area contributed by atoms with E-state index in [1.807, 2.05) is 12.1 Å². The molecule has 0 unspecified atom stereocenters.